The maximum atomic E-state index is 11.0. The van der Waals surface area contributed by atoms with Gasteiger partial charge in [0.05, 0.1) is 5.03 Å². The number of carbonyl (C=O) groups excluding carboxylic acids is 1. The van der Waals surface area contributed by atoms with Crippen molar-refractivity contribution < 1.29 is 4.79 Å². The van der Waals surface area contributed by atoms with E-state index in [0.29, 0.717) is 10.1 Å². The van der Waals surface area contributed by atoms with Gasteiger partial charge in [-0.2, -0.15) is 5.26 Å². The third-order valence-corrected chi connectivity index (χ3v) is 2.86. The van der Waals surface area contributed by atoms with Gasteiger partial charge in [0.2, 0.25) is 0 Å². The second kappa shape index (κ2) is 6.18. The van der Waals surface area contributed by atoms with Crippen LogP contribution in [0.25, 0.3) is 0 Å². The van der Waals surface area contributed by atoms with E-state index in [2.05, 4.69) is 5.32 Å². The van der Waals surface area contributed by atoms with Crippen molar-refractivity contribution in [2.45, 2.75) is 0 Å². The molecule has 6 heteroatoms. The van der Waals surface area contributed by atoms with Crippen molar-refractivity contribution in [3.05, 3.63) is 39.9 Å². The van der Waals surface area contributed by atoms with Gasteiger partial charge in [-0.25, -0.2) is 0 Å². The molecule has 88 valence electrons. The van der Waals surface area contributed by atoms with Gasteiger partial charge in [0.1, 0.15) is 11.6 Å². The van der Waals surface area contributed by atoms with E-state index in [1.165, 1.54) is 11.8 Å². The minimum absolute atomic E-state index is 0.0903. The molecular formula is C11H10ClN3OS. The van der Waals surface area contributed by atoms with E-state index in [1.54, 1.807) is 36.6 Å². The second-order valence-electron chi connectivity index (χ2n) is 3.02. The number of nitriles is 1. The Hall–Kier alpha value is -1.64. The number of amides is 1. The molecule has 1 aromatic carbocycles. The first kappa shape index (κ1) is 13.4. The predicted octanol–water partition coefficient (Wildman–Crippen LogP) is 2.34. The molecule has 0 unspecified atom stereocenters. The standard InChI is InChI=1S/C11H10ClN3OS/c1-17-11(9(6-13)10(14)16)15-8-4-2-7(12)3-5-8/h2-5,15H,1H3,(H2,14,16)/b11-9-. The predicted molar refractivity (Wildman–Crippen MR) is 70.4 cm³/mol. The highest BCUT2D eigenvalue weighted by molar-refractivity contribution is 8.02. The Morgan fingerprint density at radius 3 is 2.47 bits per heavy atom. The summed E-state index contributed by atoms with van der Waals surface area (Å²) in [5.74, 6) is -0.752. The third kappa shape index (κ3) is 3.70. The zero-order chi connectivity index (χ0) is 12.8. The van der Waals surface area contributed by atoms with Crippen LogP contribution in [0, 0.1) is 11.3 Å². The van der Waals surface area contributed by atoms with Crippen LogP contribution in [0.4, 0.5) is 5.69 Å². The number of nitrogens with one attached hydrogen (secondary N) is 1. The van der Waals surface area contributed by atoms with Crippen LogP contribution in [0.5, 0.6) is 0 Å². The van der Waals surface area contributed by atoms with Crippen LogP contribution >= 0.6 is 23.4 Å². The molecule has 3 N–H and O–H groups in total. The van der Waals surface area contributed by atoms with Gasteiger partial charge in [0.15, 0.2) is 0 Å². The minimum Gasteiger partial charge on any atom is -0.365 e. The van der Waals surface area contributed by atoms with E-state index >= 15 is 0 Å². The first-order chi connectivity index (χ1) is 8.08. The highest BCUT2D eigenvalue weighted by Crippen LogP contribution is 2.21. The third-order valence-electron chi connectivity index (χ3n) is 1.89. The number of nitrogens with two attached hydrogens (primary N) is 1. The van der Waals surface area contributed by atoms with Crippen LogP contribution in [-0.2, 0) is 4.79 Å². The van der Waals surface area contributed by atoms with E-state index in [-0.39, 0.29) is 5.57 Å². The molecule has 1 rings (SSSR count). The van der Waals surface area contributed by atoms with Crippen molar-refractivity contribution in [3.8, 4) is 6.07 Å². The molecule has 4 nitrogen and oxygen atoms in total. The number of rotatable bonds is 4. The summed E-state index contributed by atoms with van der Waals surface area (Å²) in [6, 6.07) is 8.68. The molecule has 1 aromatic rings. The smallest absolute Gasteiger partial charge is 0.262 e. The second-order valence-corrected chi connectivity index (χ2v) is 4.27. The summed E-state index contributed by atoms with van der Waals surface area (Å²) in [6.45, 7) is 0. The molecule has 0 aliphatic heterocycles. The molecule has 0 aliphatic carbocycles. The van der Waals surface area contributed by atoms with E-state index in [4.69, 9.17) is 22.6 Å². The van der Waals surface area contributed by atoms with E-state index < -0.39 is 5.91 Å². The zero-order valence-electron chi connectivity index (χ0n) is 9.03. The molecule has 17 heavy (non-hydrogen) atoms. The lowest BCUT2D eigenvalue weighted by molar-refractivity contribution is -0.114. The minimum atomic E-state index is -0.752. The van der Waals surface area contributed by atoms with Gasteiger partial charge in [-0.05, 0) is 30.5 Å². The zero-order valence-corrected chi connectivity index (χ0v) is 10.6. The Bertz CT molecular complexity index is 490. The van der Waals surface area contributed by atoms with Gasteiger partial charge < -0.3 is 11.1 Å². The quantitative estimate of drug-likeness (QED) is 0.648. The van der Waals surface area contributed by atoms with E-state index in [9.17, 15) is 4.79 Å². The van der Waals surface area contributed by atoms with Crippen molar-refractivity contribution in [1.82, 2.24) is 0 Å². The Morgan fingerprint density at radius 1 is 1.47 bits per heavy atom. The summed E-state index contributed by atoms with van der Waals surface area (Å²) in [6.07, 6.45) is 1.75. The number of carbonyl (C=O) groups is 1. The molecule has 0 bridgehead atoms. The number of benzene rings is 1. The maximum absolute atomic E-state index is 11.0. The van der Waals surface area contributed by atoms with Crippen LogP contribution in [0.3, 0.4) is 0 Å². The monoisotopic (exact) mass is 267 g/mol. The average Bonchev–Trinajstić information content (AvgIpc) is 2.31. The van der Waals surface area contributed by atoms with Gasteiger partial charge >= 0.3 is 0 Å². The van der Waals surface area contributed by atoms with Crippen molar-refractivity contribution in [3.63, 3.8) is 0 Å². The topological polar surface area (TPSA) is 78.9 Å². The van der Waals surface area contributed by atoms with Crippen LogP contribution < -0.4 is 11.1 Å². The van der Waals surface area contributed by atoms with Crippen LogP contribution in [-0.4, -0.2) is 12.2 Å². The number of hydrogen-bond acceptors (Lipinski definition) is 4. The average molecular weight is 268 g/mol. The van der Waals surface area contributed by atoms with Crippen LogP contribution in [0.2, 0.25) is 5.02 Å². The van der Waals surface area contributed by atoms with E-state index in [0.717, 1.165) is 5.69 Å². The Balaban J connectivity index is 3.02. The molecule has 0 saturated carbocycles. The van der Waals surface area contributed by atoms with Crippen LogP contribution in [0.1, 0.15) is 0 Å². The lowest BCUT2D eigenvalue weighted by Gasteiger charge is -2.09. The Morgan fingerprint density at radius 2 is 2.06 bits per heavy atom. The molecule has 0 heterocycles. The molecule has 0 fully saturated rings. The fraction of sp³-hybridized carbons (Fsp3) is 0.0909. The van der Waals surface area contributed by atoms with Gasteiger partial charge in [0.25, 0.3) is 5.91 Å². The van der Waals surface area contributed by atoms with Gasteiger partial charge in [-0.1, -0.05) is 11.6 Å². The highest BCUT2D eigenvalue weighted by atomic mass is 35.5. The normalized spacial score (nSPS) is 11.4. The summed E-state index contributed by atoms with van der Waals surface area (Å²) < 4.78 is 0. The van der Waals surface area contributed by atoms with E-state index in [1.807, 2.05) is 0 Å². The fourth-order valence-electron chi connectivity index (χ4n) is 1.10. The number of nitrogens with zero attached hydrogens (tertiary/aromatic N) is 1. The molecule has 0 aromatic heterocycles. The molecule has 0 atom stereocenters. The number of halogens is 1. The largest absolute Gasteiger partial charge is 0.365 e. The fourth-order valence-corrected chi connectivity index (χ4v) is 1.79. The Labute approximate surface area is 108 Å². The van der Waals surface area contributed by atoms with Gasteiger partial charge in [-0.15, -0.1) is 11.8 Å². The SMILES string of the molecule is CS/C(Nc1ccc(Cl)cc1)=C(/C#N)C(N)=O. The number of anilines is 1. The van der Waals surface area contributed by atoms with Crippen molar-refractivity contribution in [1.29, 1.82) is 5.26 Å². The molecule has 0 saturated heterocycles. The summed E-state index contributed by atoms with van der Waals surface area (Å²) in [5, 5.41) is 12.8. The number of primary amides is 1. The molecule has 0 aliphatic rings. The first-order valence-corrected chi connectivity index (χ1v) is 6.19. The lowest BCUT2D eigenvalue weighted by Crippen LogP contribution is -2.16. The van der Waals surface area contributed by atoms with Crippen molar-refractivity contribution in [2.75, 3.05) is 11.6 Å². The number of hydrogen-bond donors (Lipinski definition) is 2. The molecule has 0 spiro atoms. The molecule has 1 amide bonds. The first-order valence-electron chi connectivity index (χ1n) is 4.59. The Kier molecular flexibility index (Phi) is 4.88. The summed E-state index contributed by atoms with van der Waals surface area (Å²) in [4.78, 5) is 11.0. The van der Waals surface area contributed by atoms with Gasteiger partial charge in [0, 0.05) is 10.7 Å². The van der Waals surface area contributed by atoms with Crippen LogP contribution in [0.15, 0.2) is 34.9 Å². The highest BCUT2D eigenvalue weighted by Gasteiger charge is 2.11. The summed E-state index contributed by atoms with van der Waals surface area (Å²) >= 11 is 6.99. The maximum Gasteiger partial charge on any atom is 0.262 e. The van der Waals surface area contributed by atoms with Gasteiger partial charge in [-0.3, -0.25) is 4.79 Å². The molecule has 0 radical (unpaired) electrons. The molecular weight excluding hydrogens is 258 g/mol. The number of thioether (sulfide) groups is 1. The van der Waals surface area contributed by atoms with Crippen molar-refractivity contribution in [2.24, 2.45) is 5.73 Å². The summed E-state index contributed by atoms with van der Waals surface area (Å²) in [7, 11) is 0. The van der Waals surface area contributed by atoms with Crippen molar-refractivity contribution >= 4 is 35.0 Å². The lowest BCUT2D eigenvalue weighted by atomic mass is 10.3. The summed E-state index contributed by atoms with van der Waals surface area (Å²) in [5.41, 5.74) is 5.75.